The van der Waals surface area contributed by atoms with Gasteiger partial charge in [-0.05, 0) is 36.7 Å². The van der Waals surface area contributed by atoms with Crippen molar-refractivity contribution in [3.05, 3.63) is 81.4 Å². The topological polar surface area (TPSA) is 46.4 Å². The lowest BCUT2D eigenvalue weighted by atomic mass is 9.85. The van der Waals surface area contributed by atoms with Crippen molar-refractivity contribution < 1.29 is 13.7 Å². The van der Waals surface area contributed by atoms with Gasteiger partial charge in [-0.3, -0.25) is 15.0 Å². The third kappa shape index (κ3) is 4.52. The SMILES string of the molecule is Cl.O=[N+]([O-])[C@@H]1CN(Cc2ccccc2)CCC1c1cc(F)ccc1F. The van der Waals surface area contributed by atoms with Crippen LogP contribution < -0.4 is 0 Å². The standard InChI is InChI=1S/C18H18F2N2O2.ClH/c19-14-6-7-17(20)16(10-14)15-8-9-21(12-18(15)22(23)24)11-13-4-2-1-3-5-13;/h1-7,10,15,18H,8-9,11-12H2;1H/t15?,18-;/m1./s1. The van der Waals surface area contributed by atoms with Crippen LogP contribution in [0.2, 0.25) is 0 Å². The summed E-state index contributed by atoms with van der Waals surface area (Å²) < 4.78 is 27.5. The summed E-state index contributed by atoms with van der Waals surface area (Å²) in [7, 11) is 0. The number of hydrogen-bond acceptors (Lipinski definition) is 3. The van der Waals surface area contributed by atoms with Crippen molar-refractivity contribution >= 4 is 12.4 Å². The Balaban J connectivity index is 0.00000225. The highest BCUT2D eigenvalue weighted by Gasteiger charge is 2.39. The number of nitrogens with zero attached hydrogens (tertiary/aromatic N) is 2. The molecule has 1 saturated heterocycles. The van der Waals surface area contributed by atoms with Crippen LogP contribution in [-0.4, -0.2) is 29.0 Å². The second kappa shape index (κ2) is 8.36. The molecule has 2 aromatic carbocycles. The number of halogens is 3. The highest BCUT2D eigenvalue weighted by Crippen LogP contribution is 2.32. The highest BCUT2D eigenvalue weighted by atomic mass is 35.5. The van der Waals surface area contributed by atoms with E-state index in [2.05, 4.69) is 0 Å². The van der Waals surface area contributed by atoms with Gasteiger partial charge in [0.15, 0.2) is 0 Å². The van der Waals surface area contributed by atoms with E-state index in [1.54, 1.807) is 0 Å². The van der Waals surface area contributed by atoms with Crippen LogP contribution >= 0.6 is 12.4 Å². The lowest BCUT2D eigenvalue weighted by molar-refractivity contribution is -0.530. The van der Waals surface area contributed by atoms with E-state index in [1.165, 1.54) is 0 Å². The lowest BCUT2D eigenvalue weighted by Crippen LogP contribution is -2.46. The molecule has 1 aliphatic rings. The number of likely N-dealkylation sites (tertiary alicyclic amines) is 1. The van der Waals surface area contributed by atoms with E-state index >= 15 is 0 Å². The van der Waals surface area contributed by atoms with Crippen molar-refractivity contribution in [2.24, 2.45) is 0 Å². The van der Waals surface area contributed by atoms with Crippen LogP contribution in [0.5, 0.6) is 0 Å². The average molecular weight is 369 g/mol. The smallest absolute Gasteiger partial charge is 0.232 e. The molecule has 3 rings (SSSR count). The van der Waals surface area contributed by atoms with Crippen molar-refractivity contribution in [2.75, 3.05) is 13.1 Å². The van der Waals surface area contributed by atoms with E-state index in [0.717, 1.165) is 23.8 Å². The Morgan fingerprint density at radius 2 is 1.88 bits per heavy atom. The van der Waals surface area contributed by atoms with Gasteiger partial charge in [-0.1, -0.05) is 30.3 Å². The van der Waals surface area contributed by atoms with E-state index < -0.39 is 23.6 Å². The molecule has 0 amide bonds. The van der Waals surface area contributed by atoms with Gasteiger partial charge < -0.3 is 0 Å². The average Bonchev–Trinajstić information content (AvgIpc) is 2.58. The molecule has 0 spiro atoms. The second-order valence-corrected chi connectivity index (χ2v) is 6.13. The maximum atomic E-state index is 14.0. The normalized spacial score (nSPS) is 20.7. The van der Waals surface area contributed by atoms with Crippen molar-refractivity contribution in [2.45, 2.75) is 24.9 Å². The molecule has 1 fully saturated rings. The minimum absolute atomic E-state index is 0. The van der Waals surface area contributed by atoms with Crippen LogP contribution in [0.3, 0.4) is 0 Å². The fourth-order valence-corrected chi connectivity index (χ4v) is 3.36. The van der Waals surface area contributed by atoms with Gasteiger partial charge in [0.2, 0.25) is 6.04 Å². The molecule has 0 N–H and O–H groups in total. The molecule has 0 aliphatic carbocycles. The summed E-state index contributed by atoms with van der Waals surface area (Å²) in [6.45, 7) is 1.45. The van der Waals surface area contributed by atoms with Crippen molar-refractivity contribution in [1.82, 2.24) is 4.90 Å². The predicted octanol–water partition coefficient (Wildman–Crippen LogP) is 4.02. The zero-order chi connectivity index (χ0) is 17.1. The monoisotopic (exact) mass is 368 g/mol. The molecule has 7 heteroatoms. The van der Waals surface area contributed by atoms with E-state index in [1.807, 2.05) is 35.2 Å². The summed E-state index contributed by atoms with van der Waals surface area (Å²) in [5.74, 6) is -1.76. The van der Waals surface area contributed by atoms with Crippen LogP contribution in [0.4, 0.5) is 8.78 Å². The Morgan fingerprint density at radius 1 is 1.16 bits per heavy atom. The molecule has 1 aliphatic heterocycles. The van der Waals surface area contributed by atoms with Crippen LogP contribution in [0.25, 0.3) is 0 Å². The highest BCUT2D eigenvalue weighted by molar-refractivity contribution is 5.85. The van der Waals surface area contributed by atoms with Gasteiger partial charge in [0.1, 0.15) is 11.6 Å². The minimum atomic E-state index is -0.946. The summed E-state index contributed by atoms with van der Waals surface area (Å²) in [4.78, 5) is 13.1. The Bertz CT molecular complexity index is 730. The largest absolute Gasteiger partial charge is 0.292 e. The number of rotatable bonds is 4. The lowest BCUT2D eigenvalue weighted by Gasteiger charge is -2.34. The molecule has 2 aromatic rings. The molecule has 4 nitrogen and oxygen atoms in total. The molecular formula is C18H19ClF2N2O2. The van der Waals surface area contributed by atoms with Gasteiger partial charge in [-0.25, -0.2) is 8.78 Å². The third-order valence-corrected chi connectivity index (χ3v) is 4.54. The molecule has 0 bridgehead atoms. The van der Waals surface area contributed by atoms with Crippen molar-refractivity contribution in [3.8, 4) is 0 Å². The molecule has 0 radical (unpaired) electrons. The summed E-state index contributed by atoms with van der Waals surface area (Å²) in [5.41, 5.74) is 1.19. The van der Waals surface area contributed by atoms with Gasteiger partial charge in [0.25, 0.3) is 0 Å². The van der Waals surface area contributed by atoms with Crippen LogP contribution in [0.1, 0.15) is 23.5 Å². The maximum absolute atomic E-state index is 14.0. The minimum Gasteiger partial charge on any atom is -0.292 e. The second-order valence-electron chi connectivity index (χ2n) is 6.13. The van der Waals surface area contributed by atoms with E-state index in [-0.39, 0.29) is 29.4 Å². The summed E-state index contributed by atoms with van der Waals surface area (Å²) >= 11 is 0. The van der Waals surface area contributed by atoms with Gasteiger partial charge in [0.05, 0.1) is 12.5 Å². The van der Waals surface area contributed by atoms with Crippen LogP contribution in [0, 0.1) is 21.7 Å². The number of benzene rings is 2. The molecule has 134 valence electrons. The fourth-order valence-electron chi connectivity index (χ4n) is 3.36. The molecule has 1 unspecified atom stereocenters. The van der Waals surface area contributed by atoms with E-state index in [4.69, 9.17) is 0 Å². The van der Waals surface area contributed by atoms with Gasteiger partial charge in [0, 0.05) is 17.0 Å². The molecule has 2 atom stereocenters. The number of hydrogen-bond donors (Lipinski definition) is 0. The van der Waals surface area contributed by atoms with E-state index in [0.29, 0.717) is 19.5 Å². The molecule has 0 saturated carbocycles. The molecule has 25 heavy (non-hydrogen) atoms. The zero-order valence-electron chi connectivity index (χ0n) is 13.5. The summed E-state index contributed by atoms with van der Waals surface area (Å²) in [6, 6.07) is 11.9. The first-order valence-electron chi connectivity index (χ1n) is 7.89. The van der Waals surface area contributed by atoms with Crippen molar-refractivity contribution in [3.63, 3.8) is 0 Å². The predicted molar refractivity (Wildman–Crippen MR) is 93.5 cm³/mol. The molecule has 0 aromatic heterocycles. The zero-order valence-corrected chi connectivity index (χ0v) is 14.3. The fraction of sp³-hybridized carbons (Fsp3) is 0.333. The molecular weight excluding hydrogens is 350 g/mol. The Morgan fingerprint density at radius 3 is 2.56 bits per heavy atom. The summed E-state index contributed by atoms with van der Waals surface area (Å²) in [5, 5.41) is 11.5. The van der Waals surface area contributed by atoms with E-state index in [9.17, 15) is 18.9 Å². The maximum Gasteiger partial charge on any atom is 0.232 e. The Labute approximate surface area is 151 Å². The molecule has 1 heterocycles. The third-order valence-electron chi connectivity index (χ3n) is 4.54. The quantitative estimate of drug-likeness (QED) is 0.605. The first-order chi connectivity index (χ1) is 11.5. The first kappa shape index (κ1) is 19.3. The Kier molecular flexibility index (Phi) is 6.45. The van der Waals surface area contributed by atoms with Crippen LogP contribution in [-0.2, 0) is 6.54 Å². The first-order valence-corrected chi connectivity index (χ1v) is 7.89. The van der Waals surface area contributed by atoms with Gasteiger partial charge in [-0.2, -0.15) is 0 Å². The van der Waals surface area contributed by atoms with Crippen molar-refractivity contribution in [1.29, 1.82) is 0 Å². The van der Waals surface area contributed by atoms with Gasteiger partial charge >= 0.3 is 0 Å². The summed E-state index contributed by atoms with van der Waals surface area (Å²) in [6.07, 6.45) is 0.429. The Hall–Kier alpha value is -2.05. The number of piperidine rings is 1. The number of nitro groups is 1. The van der Waals surface area contributed by atoms with Crippen LogP contribution in [0.15, 0.2) is 48.5 Å². The van der Waals surface area contributed by atoms with Gasteiger partial charge in [-0.15, -0.1) is 12.4 Å².